The SMILES string of the molecule is COC(=O)[C@H](COC1(C)CC=CCC1)NC(=O)[C@@H](NC(=O)OCc1ccccc1)C(Cc1ccccc1)C(=O)O. The highest BCUT2D eigenvalue weighted by molar-refractivity contribution is 5.93. The number of aliphatic carboxylic acids is 1. The van der Waals surface area contributed by atoms with Crippen molar-refractivity contribution in [2.75, 3.05) is 13.7 Å². The van der Waals surface area contributed by atoms with Gasteiger partial charge in [-0.2, -0.15) is 0 Å². The Morgan fingerprint density at radius 1 is 0.950 bits per heavy atom. The van der Waals surface area contributed by atoms with E-state index in [0.717, 1.165) is 12.8 Å². The average Bonchev–Trinajstić information content (AvgIpc) is 2.96. The van der Waals surface area contributed by atoms with Gasteiger partial charge in [-0.25, -0.2) is 9.59 Å². The van der Waals surface area contributed by atoms with Crippen molar-refractivity contribution in [3.05, 3.63) is 83.9 Å². The highest BCUT2D eigenvalue weighted by atomic mass is 16.5. The van der Waals surface area contributed by atoms with Gasteiger partial charge >= 0.3 is 18.0 Å². The normalized spacial score (nSPS) is 18.6. The third-order valence-corrected chi connectivity index (χ3v) is 6.74. The lowest BCUT2D eigenvalue weighted by Gasteiger charge is -2.33. The standard InChI is InChI=1S/C30H36N2O8/c1-30(16-10-5-11-17-30)40-20-24(28(36)38-2)31-26(33)25(23(27(34)35)18-21-12-6-3-7-13-21)32-29(37)39-19-22-14-8-4-9-15-22/h3-10,12-15,23-25H,11,16-20H2,1-2H3,(H,31,33)(H,32,37)(H,34,35)/t23?,24-,25-,30?/m0/s1. The van der Waals surface area contributed by atoms with Crippen LogP contribution in [-0.2, 0) is 41.6 Å². The molecule has 10 nitrogen and oxygen atoms in total. The van der Waals surface area contributed by atoms with E-state index in [9.17, 15) is 24.3 Å². The number of rotatable bonds is 13. The maximum Gasteiger partial charge on any atom is 0.408 e. The molecule has 10 heteroatoms. The molecule has 0 saturated heterocycles. The van der Waals surface area contributed by atoms with Crippen molar-refractivity contribution in [1.82, 2.24) is 10.6 Å². The van der Waals surface area contributed by atoms with Crippen LogP contribution < -0.4 is 10.6 Å². The first kappa shape index (κ1) is 30.4. The molecule has 0 aliphatic heterocycles. The van der Waals surface area contributed by atoms with Crippen molar-refractivity contribution in [3.8, 4) is 0 Å². The molecular weight excluding hydrogens is 516 g/mol. The van der Waals surface area contributed by atoms with Crippen LogP contribution in [0.4, 0.5) is 4.79 Å². The molecule has 0 saturated carbocycles. The molecule has 4 atom stereocenters. The number of hydrogen-bond acceptors (Lipinski definition) is 7. The fourth-order valence-corrected chi connectivity index (χ4v) is 4.39. The number of hydrogen-bond donors (Lipinski definition) is 3. The van der Waals surface area contributed by atoms with Crippen LogP contribution in [0.15, 0.2) is 72.8 Å². The van der Waals surface area contributed by atoms with Crippen LogP contribution in [0.3, 0.4) is 0 Å². The van der Waals surface area contributed by atoms with Crippen molar-refractivity contribution < 1.29 is 38.5 Å². The van der Waals surface area contributed by atoms with Gasteiger partial charge in [-0.15, -0.1) is 0 Å². The number of ether oxygens (including phenoxy) is 3. The summed E-state index contributed by atoms with van der Waals surface area (Å²) >= 11 is 0. The smallest absolute Gasteiger partial charge is 0.408 e. The van der Waals surface area contributed by atoms with Gasteiger partial charge in [-0.1, -0.05) is 72.8 Å². The molecule has 2 aromatic rings. The van der Waals surface area contributed by atoms with E-state index in [0.29, 0.717) is 17.5 Å². The molecule has 1 aliphatic carbocycles. The molecule has 2 aromatic carbocycles. The van der Waals surface area contributed by atoms with E-state index in [1.54, 1.807) is 54.6 Å². The Morgan fingerprint density at radius 3 is 2.17 bits per heavy atom. The highest BCUT2D eigenvalue weighted by Gasteiger charge is 2.38. The first-order chi connectivity index (χ1) is 19.2. The van der Waals surface area contributed by atoms with Gasteiger partial charge in [0, 0.05) is 0 Å². The Balaban J connectivity index is 1.79. The van der Waals surface area contributed by atoms with Crippen molar-refractivity contribution in [1.29, 1.82) is 0 Å². The molecule has 0 aromatic heterocycles. The molecule has 214 valence electrons. The van der Waals surface area contributed by atoms with Crippen LogP contribution in [0.1, 0.15) is 37.3 Å². The van der Waals surface area contributed by atoms with Gasteiger partial charge in [-0.3, -0.25) is 9.59 Å². The summed E-state index contributed by atoms with van der Waals surface area (Å²) in [5, 5.41) is 15.0. The second-order valence-corrected chi connectivity index (χ2v) is 9.88. The number of carbonyl (C=O) groups excluding carboxylic acids is 3. The number of esters is 1. The molecule has 0 radical (unpaired) electrons. The predicted molar refractivity (Wildman–Crippen MR) is 146 cm³/mol. The Morgan fingerprint density at radius 2 is 1.60 bits per heavy atom. The predicted octanol–water partition coefficient (Wildman–Crippen LogP) is 3.40. The zero-order chi connectivity index (χ0) is 29.0. The highest BCUT2D eigenvalue weighted by Crippen LogP contribution is 2.27. The minimum atomic E-state index is -1.57. The van der Waals surface area contributed by atoms with E-state index in [4.69, 9.17) is 14.2 Å². The number of carboxylic acid groups (broad SMARTS) is 1. The van der Waals surface area contributed by atoms with E-state index in [2.05, 4.69) is 16.7 Å². The summed E-state index contributed by atoms with van der Waals surface area (Å²) in [4.78, 5) is 51.2. The molecule has 0 heterocycles. The van der Waals surface area contributed by atoms with Crippen molar-refractivity contribution in [3.63, 3.8) is 0 Å². The lowest BCUT2D eigenvalue weighted by atomic mass is 9.91. The summed E-state index contributed by atoms with van der Waals surface area (Å²) in [6.45, 7) is 1.65. The van der Waals surface area contributed by atoms with Crippen LogP contribution >= 0.6 is 0 Å². The quantitative estimate of drug-likeness (QED) is 0.254. The molecule has 0 fully saturated rings. The Kier molecular flexibility index (Phi) is 11.3. The summed E-state index contributed by atoms with van der Waals surface area (Å²) < 4.78 is 16.1. The minimum Gasteiger partial charge on any atom is -0.481 e. The Hall–Kier alpha value is -4.18. The second kappa shape index (κ2) is 14.8. The number of benzene rings is 2. The van der Waals surface area contributed by atoms with Gasteiger partial charge < -0.3 is 30.0 Å². The largest absolute Gasteiger partial charge is 0.481 e. The number of nitrogens with one attached hydrogen (secondary N) is 2. The molecule has 2 unspecified atom stereocenters. The number of alkyl carbamates (subject to hydrolysis) is 1. The van der Waals surface area contributed by atoms with Gasteiger partial charge in [0.05, 0.1) is 25.2 Å². The number of allylic oxidation sites excluding steroid dienone is 1. The number of carbonyl (C=O) groups is 4. The number of methoxy groups -OCH3 is 1. The Bertz CT molecular complexity index is 1170. The lowest BCUT2D eigenvalue weighted by molar-refractivity contribution is -0.150. The fourth-order valence-electron chi connectivity index (χ4n) is 4.39. The van der Waals surface area contributed by atoms with Gasteiger partial charge in [0.1, 0.15) is 12.6 Å². The third kappa shape index (κ3) is 9.23. The molecule has 2 amide bonds. The summed E-state index contributed by atoms with van der Waals surface area (Å²) in [5.74, 6) is -4.32. The summed E-state index contributed by atoms with van der Waals surface area (Å²) in [6.07, 6.45) is 5.22. The van der Waals surface area contributed by atoms with Crippen LogP contribution in [-0.4, -0.2) is 60.4 Å². The van der Waals surface area contributed by atoms with Crippen LogP contribution in [0.25, 0.3) is 0 Å². The van der Waals surface area contributed by atoms with Crippen molar-refractivity contribution in [2.45, 2.75) is 56.9 Å². The van der Waals surface area contributed by atoms with Gasteiger partial charge in [-0.05, 0) is 43.7 Å². The molecule has 3 N–H and O–H groups in total. The van der Waals surface area contributed by atoms with Crippen LogP contribution in [0.2, 0.25) is 0 Å². The summed E-state index contributed by atoms with van der Waals surface area (Å²) in [7, 11) is 1.18. The maximum absolute atomic E-state index is 13.5. The summed E-state index contributed by atoms with van der Waals surface area (Å²) in [6, 6.07) is 14.8. The van der Waals surface area contributed by atoms with E-state index in [-0.39, 0.29) is 19.6 Å². The summed E-state index contributed by atoms with van der Waals surface area (Å²) in [5.41, 5.74) is 0.839. The zero-order valence-electron chi connectivity index (χ0n) is 22.7. The Labute approximate surface area is 233 Å². The minimum absolute atomic E-state index is 0.0585. The van der Waals surface area contributed by atoms with Gasteiger partial charge in [0.15, 0.2) is 6.04 Å². The molecule has 0 spiro atoms. The monoisotopic (exact) mass is 552 g/mol. The van der Waals surface area contributed by atoms with Crippen LogP contribution in [0, 0.1) is 5.92 Å². The van der Waals surface area contributed by atoms with Crippen molar-refractivity contribution in [2.24, 2.45) is 5.92 Å². The van der Waals surface area contributed by atoms with Gasteiger partial charge in [0.2, 0.25) is 5.91 Å². The first-order valence-electron chi connectivity index (χ1n) is 13.1. The molecule has 40 heavy (non-hydrogen) atoms. The van der Waals surface area contributed by atoms with Crippen LogP contribution in [0.5, 0.6) is 0 Å². The molecule has 1 aliphatic rings. The first-order valence-corrected chi connectivity index (χ1v) is 13.1. The van der Waals surface area contributed by atoms with E-state index in [1.807, 2.05) is 19.1 Å². The second-order valence-electron chi connectivity index (χ2n) is 9.88. The lowest BCUT2D eigenvalue weighted by Crippen LogP contribution is -2.57. The topological polar surface area (TPSA) is 140 Å². The molecule has 3 rings (SSSR count). The van der Waals surface area contributed by atoms with E-state index < -0.39 is 47.5 Å². The van der Waals surface area contributed by atoms with E-state index in [1.165, 1.54) is 7.11 Å². The van der Waals surface area contributed by atoms with E-state index >= 15 is 0 Å². The fraction of sp³-hybridized carbons (Fsp3) is 0.400. The molecule has 0 bridgehead atoms. The molecular formula is C30H36N2O8. The van der Waals surface area contributed by atoms with Gasteiger partial charge in [0.25, 0.3) is 0 Å². The van der Waals surface area contributed by atoms with Crippen molar-refractivity contribution >= 4 is 23.9 Å². The number of amides is 2. The number of carboxylic acids is 1. The zero-order valence-corrected chi connectivity index (χ0v) is 22.7. The average molecular weight is 553 g/mol. The maximum atomic E-state index is 13.5. The third-order valence-electron chi connectivity index (χ3n) is 6.74.